The second-order valence-electron chi connectivity index (χ2n) is 4.83. The number of carboxylic acid groups (broad SMARTS) is 6. The first-order chi connectivity index (χ1) is 11.6. The normalized spacial score (nSPS) is 8.29. The number of rotatable bonds is 10. The quantitative estimate of drug-likeness (QED) is 0.242. The summed E-state index contributed by atoms with van der Waals surface area (Å²) in [6, 6.07) is 0. The molecule has 0 heterocycles. The van der Waals surface area contributed by atoms with E-state index in [1.807, 2.05) is 0 Å². The summed E-state index contributed by atoms with van der Waals surface area (Å²) in [6.07, 6.45) is -5.43. The fourth-order valence-corrected chi connectivity index (χ4v) is 1.37. The van der Waals surface area contributed by atoms with Gasteiger partial charge in [0.1, 0.15) is 11.2 Å². The van der Waals surface area contributed by atoms with E-state index in [2.05, 4.69) is 0 Å². The molecule has 0 unspecified atom stereocenters. The Morgan fingerprint density at radius 2 is 0.559 bits per heavy atom. The summed E-state index contributed by atoms with van der Waals surface area (Å²) in [4.78, 5) is 60.0. The first kappa shape index (κ1) is 63.8. The van der Waals surface area contributed by atoms with Crippen LogP contribution in [0.3, 0.4) is 0 Å². The van der Waals surface area contributed by atoms with E-state index in [0.717, 1.165) is 0 Å². The van der Waals surface area contributed by atoms with Gasteiger partial charge in [0.05, 0.1) is 11.9 Å². The largest absolute Gasteiger partial charge is 2.00 e. The van der Waals surface area contributed by atoms with Gasteiger partial charge in [0.15, 0.2) is 0 Å². The van der Waals surface area contributed by atoms with Crippen LogP contribution < -0.4 is 30.6 Å². The maximum atomic E-state index is 10.1. The molecule has 0 aliphatic rings. The summed E-state index contributed by atoms with van der Waals surface area (Å²) in [5.41, 5.74) is -5.95. The van der Waals surface area contributed by atoms with E-state index < -0.39 is 72.7 Å². The third kappa shape index (κ3) is 28.9. The molecule has 34 heavy (non-hydrogen) atoms. The monoisotopic (exact) mass is 540 g/mol. The molecular formula is C12H20Mg3O19. The molecule has 0 spiro atoms. The molecule has 22 heteroatoms. The van der Waals surface area contributed by atoms with Crippen molar-refractivity contribution in [1.82, 2.24) is 0 Å². The van der Waals surface area contributed by atoms with Crippen LogP contribution in [0.5, 0.6) is 0 Å². The Kier molecular flexibility index (Phi) is 52.7. The second kappa shape index (κ2) is 28.1. The minimum Gasteiger partial charge on any atom is -0.550 e. The average molecular weight is 541 g/mol. The molecule has 0 aliphatic heterocycles. The maximum Gasteiger partial charge on any atom is 2.00 e. The van der Waals surface area contributed by atoms with Gasteiger partial charge in [-0.15, -0.1) is 0 Å². The van der Waals surface area contributed by atoms with E-state index >= 15 is 0 Å². The fourth-order valence-electron chi connectivity index (χ4n) is 1.37. The summed E-state index contributed by atoms with van der Waals surface area (Å²) in [5.74, 6) is -12.0. The number of carboxylic acids is 6. The number of carbonyl (C=O) groups excluding carboxylic acids is 6. The maximum absolute atomic E-state index is 10.1. The van der Waals surface area contributed by atoms with Gasteiger partial charge in [0.25, 0.3) is 0 Å². The van der Waals surface area contributed by atoms with Crippen molar-refractivity contribution in [1.29, 1.82) is 0 Å². The van der Waals surface area contributed by atoms with Crippen LogP contribution in [-0.4, -0.2) is 154 Å². The van der Waals surface area contributed by atoms with Crippen LogP contribution in [0, 0.1) is 0 Å². The molecular weight excluding hydrogens is 521 g/mol. The summed E-state index contributed by atoms with van der Waals surface area (Å²) in [6.45, 7) is 0. The Morgan fingerprint density at radius 1 is 0.441 bits per heavy atom. The van der Waals surface area contributed by atoms with E-state index in [1.165, 1.54) is 0 Å². The first-order valence-corrected chi connectivity index (χ1v) is 6.23. The van der Waals surface area contributed by atoms with Gasteiger partial charge < -0.3 is 97.0 Å². The van der Waals surface area contributed by atoms with Crippen molar-refractivity contribution in [3.05, 3.63) is 0 Å². The first-order valence-electron chi connectivity index (χ1n) is 6.23. The van der Waals surface area contributed by atoms with Gasteiger partial charge >= 0.3 is 69.2 Å². The zero-order valence-electron chi connectivity index (χ0n) is 17.2. The van der Waals surface area contributed by atoms with Crippen LogP contribution >= 0.6 is 0 Å². The molecule has 0 aromatic heterocycles. The van der Waals surface area contributed by atoms with Crippen molar-refractivity contribution in [3.63, 3.8) is 0 Å². The predicted molar refractivity (Wildman–Crippen MR) is 93.7 cm³/mol. The average Bonchev–Trinajstić information content (AvgIpc) is 2.34. The minimum absolute atomic E-state index is 0. The minimum atomic E-state index is -2.97. The number of aliphatic carboxylic acids is 6. The van der Waals surface area contributed by atoms with E-state index in [4.69, 9.17) is 10.2 Å². The van der Waals surface area contributed by atoms with Gasteiger partial charge in [0, 0.05) is 49.6 Å². The smallest absolute Gasteiger partial charge is 0.550 e. The zero-order chi connectivity index (χ0) is 21.3. The molecule has 188 valence electrons. The van der Waals surface area contributed by atoms with Crippen LogP contribution in [0.4, 0.5) is 0 Å². The van der Waals surface area contributed by atoms with E-state index in [9.17, 15) is 59.4 Å². The van der Waals surface area contributed by atoms with Crippen LogP contribution in [0.1, 0.15) is 25.7 Å². The third-order valence-electron chi connectivity index (χ3n) is 2.51. The Labute approximate surface area is 237 Å². The van der Waals surface area contributed by atoms with Gasteiger partial charge in [-0.25, -0.2) is 0 Å². The molecule has 0 atom stereocenters. The molecule has 0 fully saturated rings. The van der Waals surface area contributed by atoms with Crippen molar-refractivity contribution >= 4 is 105 Å². The fraction of sp³-hybridized carbons (Fsp3) is 0.500. The van der Waals surface area contributed by atoms with Crippen LogP contribution in [0.25, 0.3) is 0 Å². The van der Waals surface area contributed by atoms with E-state index in [1.54, 1.807) is 0 Å². The Hall–Kier alpha value is -1.16. The topological polar surface area (TPSA) is 439 Å². The van der Waals surface area contributed by atoms with Crippen molar-refractivity contribution in [2.24, 2.45) is 0 Å². The third-order valence-corrected chi connectivity index (χ3v) is 2.51. The Morgan fingerprint density at radius 3 is 0.618 bits per heavy atom. The molecule has 0 radical (unpaired) electrons. The van der Waals surface area contributed by atoms with Gasteiger partial charge in [0.2, 0.25) is 0 Å². The number of carbonyl (C=O) groups is 6. The summed E-state index contributed by atoms with van der Waals surface area (Å²) in [5, 5.41) is 77.9. The van der Waals surface area contributed by atoms with Crippen LogP contribution in [0.15, 0.2) is 0 Å². The van der Waals surface area contributed by atoms with Crippen molar-refractivity contribution in [2.75, 3.05) is 0 Å². The van der Waals surface area contributed by atoms with Gasteiger partial charge in [-0.2, -0.15) is 0 Å². The van der Waals surface area contributed by atoms with E-state index in [-0.39, 0.29) is 96.5 Å². The molecule has 0 aromatic rings. The molecule has 0 aliphatic carbocycles. The van der Waals surface area contributed by atoms with Crippen LogP contribution in [0.2, 0.25) is 0 Å². The molecule has 19 nitrogen and oxygen atoms in total. The molecule has 0 amide bonds. The summed E-state index contributed by atoms with van der Waals surface area (Å²) < 4.78 is 0. The molecule has 0 saturated heterocycles. The molecule has 12 N–H and O–H groups in total. The predicted octanol–water partition coefficient (Wildman–Crippen LogP) is -15.8. The summed E-state index contributed by atoms with van der Waals surface area (Å²) >= 11 is 0. The van der Waals surface area contributed by atoms with E-state index in [0.29, 0.717) is 0 Å². The number of hydrogen-bond acceptors (Lipinski definition) is 14. The molecule has 0 saturated carbocycles. The molecule has 0 bridgehead atoms. The summed E-state index contributed by atoms with van der Waals surface area (Å²) in [7, 11) is 0. The van der Waals surface area contributed by atoms with Crippen molar-refractivity contribution < 1.29 is 97.0 Å². The second-order valence-corrected chi connectivity index (χ2v) is 4.83. The van der Waals surface area contributed by atoms with Crippen molar-refractivity contribution in [2.45, 2.75) is 36.9 Å². The standard InChI is InChI=1S/2C6H8O7.3Mg.5H2O/c2*7-3(8)1-6(13,5(11)12)2-4(9)10;;;;;;;;/h2*13H,1-2H2,(H,7,8)(H,9,10)(H,11,12);;;;5*1H2/q;;3*+2;;;;;/p-6. The SMILES string of the molecule is O.O.O.O.O.O=C([O-])CC(O)(CC(=O)[O-])C(=O)[O-].O=C([O-])CC(O)(CC(=O)[O-])C(=O)[O-].[Mg+2].[Mg+2].[Mg+2]. The van der Waals surface area contributed by atoms with Gasteiger partial charge in [-0.1, -0.05) is 0 Å². The number of hydrogen-bond donors (Lipinski definition) is 2. The molecule has 0 aromatic carbocycles. The zero-order valence-corrected chi connectivity index (χ0v) is 21.5. The Bertz CT molecular complexity index is 525. The number of aliphatic hydroxyl groups is 2. The molecule has 0 rings (SSSR count). The Balaban J connectivity index is -0.0000000343. The van der Waals surface area contributed by atoms with Crippen molar-refractivity contribution in [3.8, 4) is 0 Å². The van der Waals surface area contributed by atoms with Crippen LogP contribution in [-0.2, 0) is 28.8 Å². The van der Waals surface area contributed by atoms with Gasteiger partial charge in [-0.3, -0.25) is 0 Å². The van der Waals surface area contributed by atoms with Gasteiger partial charge in [-0.05, 0) is 0 Å².